The molecule has 0 atom stereocenters. The van der Waals surface area contributed by atoms with Crippen molar-refractivity contribution in [2.24, 2.45) is 0 Å². The number of aromatic nitrogens is 4. The van der Waals surface area contributed by atoms with E-state index in [1.54, 1.807) is 6.20 Å². The average molecular weight is 423 g/mol. The van der Waals surface area contributed by atoms with Gasteiger partial charge < -0.3 is 5.32 Å². The van der Waals surface area contributed by atoms with Gasteiger partial charge in [0.1, 0.15) is 12.1 Å². The van der Waals surface area contributed by atoms with Gasteiger partial charge in [0.2, 0.25) is 0 Å². The Morgan fingerprint density at radius 2 is 1.58 bits per heavy atom. The van der Waals surface area contributed by atoms with Gasteiger partial charge in [-0.15, -0.1) is 0 Å². The third-order valence-corrected chi connectivity index (χ3v) is 4.78. The number of hydrogen-bond donors (Lipinski definition) is 1. The number of anilines is 2. The summed E-state index contributed by atoms with van der Waals surface area (Å²) in [6.07, 6.45) is -1.28. The number of benzene rings is 1. The lowest BCUT2D eigenvalue weighted by molar-refractivity contribution is -0.137. The zero-order chi connectivity index (χ0) is 22.2. The second kappa shape index (κ2) is 7.61. The van der Waals surface area contributed by atoms with E-state index in [2.05, 4.69) is 25.3 Å². The van der Waals surface area contributed by atoms with E-state index in [0.29, 0.717) is 28.5 Å². The van der Waals surface area contributed by atoms with Gasteiger partial charge in [-0.1, -0.05) is 20.8 Å². The largest absolute Gasteiger partial charge is 0.416 e. The highest BCUT2D eigenvalue weighted by molar-refractivity contribution is 5.79. The molecule has 0 unspecified atom stereocenters. The van der Waals surface area contributed by atoms with Gasteiger partial charge in [-0.25, -0.2) is 19.9 Å². The van der Waals surface area contributed by atoms with Gasteiger partial charge in [-0.05, 0) is 53.9 Å². The van der Waals surface area contributed by atoms with Crippen LogP contribution in [0.4, 0.5) is 24.7 Å². The smallest absolute Gasteiger partial charge is 0.340 e. The second-order valence-electron chi connectivity index (χ2n) is 8.14. The highest BCUT2D eigenvalue weighted by Gasteiger charge is 2.30. The topological polar surface area (TPSA) is 63.6 Å². The molecule has 0 radical (unpaired) electrons. The molecule has 5 nitrogen and oxygen atoms in total. The first-order chi connectivity index (χ1) is 14.6. The van der Waals surface area contributed by atoms with Crippen LogP contribution in [-0.2, 0) is 11.6 Å². The maximum atomic E-state index is 12.9. The molecule has 158 valence electrons. The van der Waals surface area contributed by atoms with Gasteiger partial charge in [0, 0.05) is 22.8 Å². The molecule has 0 spiro atoms. The molecule has 0 saturated carbocycles. The van der Waals surface area contributed by atoms with E-state index in [-0.39, 0.29) is 5.41 Å². The lowest BCUT2D eigenvalue weighted by atomic mass is 9.85. The van der Waals surface area contributed by atoms with Gasteiger partial charge in [0.25, 0.3) is 0 Å². The summed E-state index contributed by atoms with van der Waals surface area (Å²) in [5, 5.41) is 4.06. The van der Waals surface area contributed by atoms with Crippen molar-refractivity contribution in [1.29, 1.82) is 0 Å². The molecule has 0 saturated heterocycles. The van der Waals surface area contributed by atoms with E-state index >= 15 is 0 Å². The van der Waals surface area contributed by atoms with Gasteiger partial charge in [-0.3, -0.25) is 0 Å². The first kappa shape index (κ1) is 20.7. The van der Waals surface area contributed by atoms with Crippen LogP contribution >= 0.6 is 0 Å². The molecular formula is C23H20F3N5. The molecule has 0 aliphatic heterocycles. The van der Waals surface area contributed by atoms with Crippen LogP contribution in [0.3, 0.4) is 0 Å². The zero-order valence-electron chi connectivity index (χ0n) is 17.2. The SMILES string of the molecule is CC(C)(C)c1c(Nc2ccc(C(F)(F)F)cc2)ncnc1-c1ccc2cccnc2n1. The molecule has 1 N–H and O–H groups in total. The number of fused-ring (bicyclic) bond motifs is 1. The monoisotopic (exact) mass is 423 g/mol. The Morgan fingerprint density at radius 1 is 0.839 bits per heavy atom. The van der Waals surface area contributed by atoms with Gasteiger partial charge in [0.15, 0.2) is 5.65 Å². The quantitative estimate of drug-likeness (QED) is 0.428. The fourth-order valence-corrected chi connectivity index (χ4v) is 3.35. The molecule has 4 aromatic rings. The number of rotatable bonds is 3. The van der Waals surface area contributed by atoms with Crippen molar-refractivity contribution in [3.63, 3.8) is 0 Å². The van der Waals surface area contributed by atoms with Gasteiger partial charge in [-0.2, -0.15) is 13.2 Å². The molecule has 0 amide bonds. The fourth-order valence-electron chi connectivity index (χ4n) is 3.35. The Hall–Kier alpha value is -3.55. The number of pyridine rings is 2. The lowest BCUT2D eigenvalue weighted by Crippen LogP contribution is -2.18. The van der Waals surface area contributed by atoms with E-state index in [1.807, 2.05) is 45.0 Å². The first-order valence-corrected chi connectivity index (χ1v) is 9.65. The number of nitrogens with zero attached hydrogens (tertiary/aromatic N) is 4. The van der Waals surface area contributed by atoms with Crippen LogP contribution in [0.5, 0.6) is 0 Å². The maximum absolute atomic E-state index is 12.9. The van der Waals surface area contributed by atoms with E-state index in [1.165, 1.54) is 18.5 Å². The molecule has 4 rings (SSSR count). The van der Waals surface area contributed by atoms with Gasteiger partial charge in [0.05, 0.1) is 17.0 Å². The average Bonchev–Trinajstić information content (AvgIpc) is 2.72. The van der Waals surface area contributed by atoms with Gasteiger partial charge >= 0.3 is 6.18 Å². The van der Waals surface area contributed by atoms with Crippen LogP contribution in [0, 0.1) is 0 Å². The Balaban J connectivity index is 1.78. The summed E-state index contributed by atoms with van der Waals surface area (Å²) in [7, 11) is 0. The van der Waals surface area contributed by atoms with Crippen molar-refractivity contribution in [2.45, 2.75) is 32.4 Å². The molecule has 0 fully saturated rings. The first-order valence-electron chi connectivity index (χ1n) is 9.65. The van der Waals surface area contributed by atoms with E-state index in [9.17, 15) is 13.2 Å². The summed E-state index contributed by atoms with van der Waals surface area (Å²) in [6.45, 7) is 6.06. The molecule has 3 aromatic heterocycles. The summed E-state index contributed by atoms with van der Waals surface area (Å²) < 4.78 is 38.6. The van der Waals surface area contributed by atoms with E-state index < -0.39 is 11.7 Å². The van der Waals surface area contributed by atoms with Crippen molar-refractivity contribution in [3.8, 4) is 11.4 Å². The highest BCUT2D eigenvalue weighted by Crippen LogP contribution is 2.37. The Bertz CT molecular complexity index is 1230. The Labute approximate surface area is 177 Å². The molecule has 3 heterocycles. The zero-order valence-corrected chi connectivity index (χ0v) is 17.2. The number of nitrogens with one attached hydrogen (secondary N) is 1. The van der Waals surface area contributed by atoms with Crippen LogP contribution in [0.25, 0.3) is 22.4 Å². The predicted octanol–water partition coefficient (Wildman–Crippen LogP) is 6.15. The summed E-state index contributed by atoms with van der Waals surface area (Å²) >= 11 is 0. The highest BCUT2D eigenvalue weighted by atomic mass is 19.4. The fraction of sp³-hybridized carbons (Fsp3) is 0.217. The van der Waals surface area contributed by atoms with E-state index in [4.69, 9.17) is 0 Å². The van der Waals surface area contributed by atoms with Crippen molar-refractivity contribution in [3.05, 3.63) is 72.2 Å². The molecule has 0 aliphatic carbocycles. The van der Waals surface area contributed by atoms with Crippen molar-refractivity contribution in [2.75, 3.05) is 5.32 Å². The van der Waals surface area contributed by atoms with Crippen LogP contribution < -0.4 is 5.32 Å². The molecule has 31 heavy (non-hydrogen) atoms. The third-order valence-electron chi connectivity index (χ3n) is 4.78. The normalized spacial score (nSPS) is 12.2. The van der Waals surface area contributed by atoms with Crippen LogP contribution in [-0.4, -0.2) is 19.9 Å². The minimum atomic E-state index is -4.38. The summed E-state index contributed by atoms with van der Waals surface area (Å²) in [5.41, 5.74) is 2.12. The standard InChI is InChI=1S/C23H20F3N5/c1-22(2,3)18-19(17-11-6-14-5-4-12-27-20(14)31-17)28-13-29-21(18)30-16-9-7-15(8-10-16)23(24,25)26/h4-13H,1-3H3,(H,28,29,30). The molecule has 0 aliphatic rings. The lowest BCUT2D eigenvalue weighted by Gasteiger charge is -2.25. The Morgan fingerprint density at radius 3 is 2.26 bits per heavy atom. The van der Waals surface area contributed by atoms with Crippen LogP contribution in [0.15, 0.2) is 61.1 Å². The van der Waals surface area contributed by atoms with E-state index in [0.717, 1.165) is 23.1 Å². The Kier molecular flexibility index (Phi) is 5.08. The minimum Gasteiger partial charge on any atom is -0.340 e. The van der Waals surface area contributed by atoms with Crippen molar-refractivity contribution >= 4 is 22.5 Å². The second-order valence-corrected chi connectivity index (χ2v) is 8.14. The summed E-state index contributed by atoms with van der Waals surface area (Å²) in [5.74, 6) is 0.514. The summed E-state index contributed by atoms with van der Waals surface area (Å²) in [6, 6.07) is 12.4. The summed E-state index contributed by atoms with van der Waals surface area (Å²) in [4.78, 5) is 17.8. The number of hydrogen-bond acceptors (Lipinski definition) is 5. The minimum absolute atomic E-state index is 0.369. The van der Waals surface area contributed by atoms with Crippen molar-refractivity contribution < 1.29 is 13.2 Å². The third kappa shape index (κ3) is 4.33. The maximum Gasteiger partial charge on any atom is 0.416 e. The predicted molar refractivity (Wildman–Crippen MR) is 114 cm³/mol. The van der Waals surface area contributed by atoms with Crippen molar-refractivity contribution in [1.82, 2.24) is 19.9 Å². The molecule has 8 heteroatoms. The molecular weight excluding hydrogens is 403 g/mol. The molecule has 0 bridgehead atoms. The van der Waals surface area contributed by atoms with Crippen LogP contribution in [0.2, 0.25) is 0 Å². The number of halogens is 3. The number of alkyl halides is 3. The van der Waals surface area contributed by atoms with Crippen LogP contribution in [0.1, 0.15) is 31.9 Å². The molecule has 1 aromatic carbocycles.